The van der Waals surface area contributed by atoms with Gasteiger partial charge >= 0.3 is 0 Å². The zero-order valence-corrected chi connectivity index (χ0v) is 12.7. The van der Waals surface area contributed by atoms with Gasteiger partial charge in [0.1, 0.15) is 5.82 Å². The standard InChI is InChI=1S/C18H18N4/c1-13(2)21-22-17(14-8-4-3-5-9-14)12-18-19-15-10-6-7-11-16(15)20-18/h3-11H,12H2,1-2H3,(H,19,20)/b22-17+. The van der Waals surface area contributed by atoms with E-state index >= 15 is 0 Å². The van der Waals surface area contributed by atoms with Gasteiger partial charge in [0.25, 0.3) is 0 Å². The normalized spacial score (nSPS) is 11.6. The molecule has 1 heterocycles. The zero-order chi connectivity index (χ0) is 15.4. The summed E-state index contributed by atoms with van der Waals surface area (Å²) in [5.41, 5.74) is 4.91. The van der Waals surface area contributed by atoms with Gasteiger partial charge in [-0.2, -0.15) is 10.2 Å². The minimum absolute atomic E-state index is 0.621. The van der Waals surface area contributed by atoms with Gasteiger partial charge in [-0.15, -0.1) is 0 Å². The van der Waals surface area contributed by atoms with Crippen molar-refractivity contribution in [3.8, 4) is 0 Å². The highest BCUT2D eigenvalue weighted by Crippen LogP contribution is 2.13. The minimum Gasteiger partial charge on any atom is -0.342 e. The number of imidazole rings is 1. The molecule has 1 N–H and O–H groups in total. The van der Waals surface area contributed by atoms with E-state index in [0.717, 1.165) is 33.8 Å². The zero-order valence-electron chi connectivity index (χ0n) is 12.7. The molecule has 0 aliphatic carbocycles. The molecule has 0 bridgehead atoms. The summed E-state index contributed by atoms with van der Waals surface area (Å²) in [5, 5.41) is 8.62. The highest BCUT2D eigenvalue weighted by Gasteiger charge is 2.09. The van der Waals surface area contributed by atoms with Crippen molar-refractivity contribution in [1.82, 2.24) is 9.97 Å². The molecule has 0 radical (unpaired) electrons. The Balaban J connectivity index is 1.96. The van der Waals surface area contributed by atoms with Gasteiger partial charge in [0.05, 0.1) is 23.2 Å². The smallest absolute Gasteiger partial charge is 0.113 e. The van der Waals surface area contributed by atoms with E-state index in [1.165, 1.54) is 0 Å². The van der Waals surface area contributed by atoms with Crippen molar-refractivity contribution in [2.24, 2.45) is 10.2 Å². The van der Waals surface area contributed by atoms with Crippen molar-refractivity contribution in [2.75, 3.05) is 0 Å². The molecular weight excluding hydrogens is 272 g/mol. The lowest BCUT2D eigenvalue weighted by Crippen LogP contribution is -2.06. The lowest BCUT2D eigenvalue weighted by molar-refractivity contribution is 1.08. The Morgan fingerprint density at radius 2 is 1.68 bits per heavy atom. The van der Waals surface area contributed by atoms with E-state index < -0.39 is 0 Å². The van der Waals surface area contributed by atoms with Crippen LogP contribution in [0.4, 0.5) is 0 Å². The molecule has 3 aromatic rings. The van der Waals surface area contributed by atoms with Crippen LogP contribution in [0.1, 0.15) is 25.2 Å². The number of nitrogens with one attached hydrogen (secondary N) is 1. The number of para-hydroxylation sites is 2. The number of aromatic nitrogens is 2. The van der Waals surface area contributed by atoms with E-state index in [1.807, 2.05) is 68.4 Å². The number of rotatable bonds is 4. The van der Waals surface area contributed by atoms with Gasteiger partial charge in [0.2, 0.25) is 0 Å². The van der Waals surface area contributed by atoms with E-state index in [4.69, 9.17) is 0 Å². The summed E-state index contributed by atoms with van der Waals surface area (Å²) in [6.45, 7) is 3.88. The number of fused-ring (bicyclic) bond motifs is 1. The number of H-pyrrole nitrogens is 1. The van der Waals surface area contributed by atoms with Crippen molar-refractivity contribution >= 4 is 22.5 Å². The number of nitrogens with zero attached hydrogens (tertiary/aromatic N) is 3. The van der Waals surface area contributed by atoms with Crippen LogP contribution in [0.25, 0.3) is 11.0 Å². The third-order valence-corrected chi connectivity index (χ3v) is 3.25. The van der Waals surface area contributed by atoms with E-state index in [9.17, 15) is 0 Å². The molecule has 0 fully saturated rings. The van der Waals surface area contributed by atoms with Crippen LogP contribution in [0.5, 0.6) is 0 Å². The Hall–Kier alpha value is -2.75. The second kappa shape index (κ2) is 6.35. The monoisotopic (exact) mass is 290 g/mol. The molecule has 0 saturated heterocycles. The van der Waals surface area contributed by atoms with E-state index in [0.29, 0.717) is 6.42 Å². The maximum absolute atomic E-state index is 4.62. The summed E-state index contributed by atoms with van der Waals surface area (Å²) >= 11 is 0. The van der Waals surface area contributed by atoms with Crippen LogP contribution < -0.4 is 0 Å². The average Bonchev–Trinajstić information content (AvgIpc) is 2.94. The van der Waals surface area contributed by atoms with Gasteiger partial charge in [0.15, 0.2) is 0 Å². The fourth-order valence-corrected chi connectivity index (χ4v) is 2.23. The molecule has 0 aliphatic rings. The van der Waals surface area contributed by atoms with E-state index in [-0.39, 0.29) is 0 Å². The Bertz CT molecular complexity index is 791. The molecule has 0 saturated carbocycles. The predicted molar refractivity (Wildman–Crippen MR) is 91.6 cm³/mol. The molecule has 0 unspecified atom stereocenters. The summed E-state index contributed by atoms with van der Waals surface area (Å²) in [5.74, 6) is 0.896. The average molecular weight is 290 g/mol. The fourth-order valence-electron chi connectivity index (χ4n) is 2.23. The summed E-state index contributed by atoms with van der Waals surface area (Å²) in [4.78, 5) is 7.96. The molecule has 4 heteroatoms. The van der Waals surface area contributed by atoms with Gasteiger partial charge in [-0.25, -0.2) is 4.98 Å². The van der Waals surface area contributed by atoms with Crippen molar-refractivity contribution in [1.29, 1.82) is 0 Å². The fraction of sp³-hybridized carbons (Fsp3) is 0.167. The highest BCUT2D eigenvalue weighted by molar-refractivity contribution is 6.02. The third kappa shape index (κ3) is 3.28. The molecule has 0 atom stereocenters. The summed E-state index contributed by atoms with van der Waals surface area (Å²) in [6, 6.07) is 18.1. The molecule has 0 amide bonds. The van der Waals surface area contributed by atoms with Crippen LogP contribution in [-0.4, -0.2) is 21.4 Å². The molecule has 0 aliphatic heterocycles. The molecule has 0 spiro atoms. The summed E-state index contributed by atoms with van der Waals surface area (Å²) < 4.78 is 0. The van der Waals surface area contributed by atoms with Crippen molar-refractivity contribution in [3.63, 3.8) is 0 Å². The van der Waals surface area contributed by atoms with E-state index in [1.54, 1.807) is 0 Å². The maximum Gasteiger partial charge on any atom is 0.113 e. The maximum atomic E-state index is 4.62. The van der Waals surface area contributed by atoms with Crippen LogP contribution >= 0.6 is 0 Å². The Kier molecular flexibility index (Phi) is 4.10. The first kappa shape index (κ1) is 14.2. The third-order valence-electron chi connectivity index (χ3n) is 3.25. The topological polar surface area (TPSA) is 53.4 Å². The second-order valence-electron chi connectivity index (χ2n) is 5.34. The highest BCUT2D eigenvalue weighted by atomic mass is 15.2. The predicted octanol–water partition coefficient (Wildman–Crippen LogP) is 3.99. The van der Waals surface area contributed by atoms with Crippen molar-refractivity contribution in [2.45, 2.75) is 20.3 Å². The molecule has 3 rings (SSSR count). The first-order valence-corrected chi connectivity index (χ1v) is 7.29. The van der Waals surface area contributed by atoms with Gasteiger partial charge in [-0.1, -0.05) is 42.5 Å². The van der Waals surface area contributed by atoms with Crippen LogP contribution in [0.2, 0.25) is 0 Å². The lowest BCUT2D eigenvalue weighted by atomic mass is 10.1. The van der Waals surface area contributed by atoms with Crippen LogP contribution in [0, 0.1) is 0 Å². The molecule has 4 nitrogen and oxygen atoms in total. The second-order valence-corrected chi connectivity index (χ2v) is 5.34. The first-order valence-electron chi connectivity index (χ1n) is 7.29. The van der Waals surface area contributed by atoms with Crippen molar-refractivity contribution in [3.05, 3.63) is 66.0 Å². The molecule has 2 aromatic carbocycles. The van der Waals surface area contributed by atoms with Crippen LogP contribution in [0.3, 0.4) is 0 Å². The SMILES string of the molecule is CC(C)=N/N=C(\Cc1nc2ccccc2[nH]1)c1ccccc1. The van der Waals surface area contributed by atoms with Gasteiger partial charge in [-0.3, -0.25) is 0 Å². The quantitative estimate of drug-likeness (QED) is 0.573. The summed E-state index contributed by atoms with van der Waals surface area (Å²) in [6.07, 6.45) is 0.621. The number of aromatic amines is 1. The Morgan fingerprint density at radius 1 is 0.955 bits per heavy atom. The molecule has 22 heavy (non-hydrogen) atoms. The van der Waals surface area contributed by atoms with Crippen molar-refractivity contribution < 1.29 is 0 Å². The molecule has 1 aromatic heterocycles. The van der Waals surface area contributed by atoms with Crippen LogP contribution in [0.15, 0.2) is 64.8 Å². The first-order chi connectivity index (χ1) is 10.7. The van der Waals surface area contributed by atoms with E-state index in [2.05, 4.69) is 20.2 Å². The number of hydrogen-bond acceptors (Lipinski definition) is 3. The largest absolute Gasteiger partial charge is 0.342 e. The Labute approximate surface area is 129 Å². The lowest BCUT2D eigenvalue weighted by Gasteiger charge is -2.03. The molecular formula is C18H18N4. The Morgan fingerprint density at radius 3 is 2.41 bits per heavy atom. The number of benzene rings is 2. The van der Waals surface area contributed by atoms with Gasteiger partial charge in [0, 0.05) is 5.71 Å². The number of hydrogen-bond donors (Lipinski definition) is 1. The minimum atomic E-state index is 0.621. The van der Waals surface area contributed by atoms with Gasteiger partial charge in [-0.05, 0) is 31.5 Å². The summed E-state index contributed by atoms with van der Waals surface area (Å²) in [7, 11) is 0. The molecule has 110 valence electrons. The van der Waals surface area contributed by atoms with Gasteiger partial charge < -0.3 is 4.98 Å². The van der Waals surface area contributed by atoms with Crippen LogP contribution in [-0.2, 0) is 6.42 Å².